The predicted octanol–water partition coefficient (Wildman–Crippen LogP) is 1.25. The Kier molecular flexibility index (Phi) is 4.43. The number of pyridine rings is 1. The number of hydrogen-bond donors (Lipinski definition) is 0. The first-order valence-corrected chi connectivity index (χ1v) is 5.96. The van der Waals surface area contributed by atoms with Crippen LogP contribution in [0.1, 0.15) is 0 Å². The summed E-state index contributed by atoms with van der Waals surface area (Å²) >= 11 is 0. The van der Waals surface area contributed by atoms with Crippen molar-refractivity contribution >= 4 is 5.91 Å². The van der Waals surface area contributed by atoms with E-state index in [1.165, 1.54) is 6.20 Å². The zero-order valence-electron chi connectivity index (χ0n) is 10.5. The van der Waals surface area contributed by atoms with Crippen molar-refractivity contribution in [1.29, 1.82) is 0 Å². The molecule has 1 amide bonds. The van der Waals surface area contributed by atoms with Crippen molar-refractivity contribution in [2.24, 2.45) is 0 Å². The van der Waals surface area contributed by atoms with Crippen LogP contribution < -0.4 is 4.74 Å². The van der Waals surface area contributed by atoms with Crippen LogP contribution in [0.3, 0.4) is 0 Å². The van der Waals surface area contributed by atoms with Gasteiger partial charge in [-0.25, -0.2) is 0 Å². The molecular weight excluding hydrogens is 277 g/mol. The Morgan fingerprint density at radius 1 is 1.55 bits per heavy atom. The maximum Gasteiger partial charge on any atom is 0.416 e. The van der Waals surface area contributed by atoms with Crippen LogP contribution in [-0.2, 0) is 9.53 Å². The molecule has 1 aromatic rings. The molecule has 0 unspecified atom stereocenters. The van der Waals surface area contributed by atoms with E-state index in [1.807, 2.05) is 0 Å². The van der Waals surface area contributed by atoms with Gasteiger partial charge >= 0.3 is 6.18 Å². The molecular formula is C12H13F3N2O3. The molecule has 0 saturated carbocycles. The van der Waals surface area contributed by atoms with Gasteiger partial charge in [0.05, 0.1) is 19.3 Å². The van der Waals surface area contributed by atoms with Gasteiger partial charge in [0.1, 0.15) is 5.75 Å². The molecule has 5 nitrogen and oxygen atoms in total. The van der Waals surface area contributed by atoms with Crippen molar-refractivity contribution in [3.05, 3.63) is 24.5 Å². The Morgan fingerprint density at radius 3 is 3.00 bits per heavy atom. The summed E-state index contributed by atoms with van der Waals surface area (Å²) in [5.74, 6) is -0.118. The number of alkyl halides is 3. The molecule has 0 radical (unpaired) electrons. The molecule has 20 heavy (non-hydrogen) atoms. The monoisotopic (exact) mass is 290 g/mol. The van der Waals surface area contributed by atoms with Gasteiger partial charge in [0.25, 0.3) is 5.91 Å². The van der Waals surface area contributed by atoms with Crippen molar-refractivity contribution in [3.8, 4) is 5.75 Å². The van der Waals surface area contributed by atoms with Gasteiger partial charge in [-0.05, 0) is 12.1 Å². The molecule has 0 bridgehead atoms. The minimum atomic E-state index is -4.47. The summed E-state index contributed by atoms with van der Waals surface area (Å²) in [7, 11) is 0. The number of ether oxygens (including phenoxy) is 2. The van der Waals surface area contributed by atoms with Gasteiger partial charge in [0.2, 0.25) is 0 Å². The maximum absolute atomic E-state index is 12.5. The summed E-state index contributed by atoms with van der Waals surface area (Å²) in [6, 6.07) is 3.24. The molecule has 8 heteroatoms. The topological polar surface area (TPSA) is 51.7 Å². The molecule has 0 spiro atoms. The average molecular weight is 290 g/mol. The average Bonchev–Trinajstić information content (AvgIpc) is 2.45. The molecule has 110 valence electrons. The van der Waals surface area contributed by atoms with E-state index in [9.17, 15) is 18.0 Å². The highest BCUT2D eigenvalue weighted by Crippen LogP contribution is 2.25. The fourth-order valence-electron chi connectivity index (χ4n) is 1.74. The summed E-state index contributed by atoms with van der Waals surface area (Å²) in [6.07, 6.45) is -3.43. The number of hydrogen-bond acceptors (Lipinski definition) is 4. The predicted molar refractivity (Wildman–Crippen MR) is 62.1 cm³/mol. The van der Waals surface area contributed by atoms with E-state index in [-0.39, 0.29) is 19.8 Å². The van der Waals surface area contributed by atoms with Gasteiger partial charge in [-0.2, -0.15) is 13.2 Å². The Hall–Kier alpha value is -1.83. The summed E-state index contributed by atoms with van der Waals surface area (Å²) in [5.41, 5.74) is 0. The number of aromatic nitrogens is 1. The Bertz CT molecular complexity index is 453. The molecule has 1 aliphatic heterocycles. The number of amides is 1. The second kappa shape index (κ2) is 6.08. The van der Waals surface area contributed by atoms with Crippen LogP contribution in [-0.4, -0.2) is 54.4 Å². The lowest BCUT2D eigenvalue weighted by molar-refractivity contribution is -0.236. The highest BCUT2D eigenvalue weighted by atomic mass is 19.4. The molecule has 2 heterocycles. The van der Waals surface area contributed by atoms with E-state index < -0.39 is 24.7 Å². The summed E-state index contributed by atoms with van der Waals surface area (Å²) in [6.45, 7) is -0.834. The fraction of sp³-hybridized carbons (Fsp3) is 0.500. The normalized spacial score (nSPS) is 19.8. The van der Waals surface area contributed by atoms with Crippen LogP contribution >= 0.6 is 0 Å². The third kappa shape index (κ3) is 3.83. The number of carbonyl (C=O) groups excluding carboxylic acids is 1. The van der Waals surface area contributed by atoms with Crippen molar-refractivity contribution in [1.82, 2.24) is 9.88 Å². The summed E-state index contributed by atoms with van der Waals surface area (Å²) in [5, 5.41) is 0. The minimum Gasteiger partial charge on any atom is -0.482 e. The van der Waals surface area contributed by atoms with Crippen molar-refractivity contribution < 1.29 is 27.4 Å². The van der Waals surface area contributed by atoms with Gasteiger partial charge in [-0.15, -0.1) is 0 Å². The largest absolute Gasteiger partial charge is 0.482 e. The number of halogens is 3. The van der Waals surface area contributed by atoms with E-state index in [4.69, 9.17) is 4.74 Å². The first kappa shape index (κ1) is 14.6. The number of carbonyl (C=O) groups is 1. The lowest BCUT2D eigenvalue weighted by atomic mass is 10.2. The zero-order valence-corrected chi connectivity index (χ0v) is 10.5. The maximum atomic E-state index is 12.5. The van der Waals surface area contributed by atoms with Gasteiger partial charge in [0.15, 0.2) is 12.7 Å². The number of rotatable bonds is 3. The molecule has 0 N–H and O–H groups in total. The fourth-order valence-corrected chi connectivity index (χ4v) is 1.74. The smallest absolute Gasteiger partial charge is 0.416 e. The third-order valence-corrected chi connectivity index (χ3v) is 2.78. The van der Waals surface area contributed by atoms with Crippen LogP contribution in [0.4, 0.5) is 13.2 Å². The SMILES string of the molecule is O=C(COc1cccnc1)N1CCO[C@H](C(F)(F)F)C1. The van der Waals surface area contributed by atoms with Crippen LogP contribution in [0, 0.1) is 0 Å². The number of morpholine rings is 1. The lowest BCUT2D eigenvalue weighted by Crippen LogP contribution is -2.52. The van der Waals surface area contributed by atoms with Crippen LogP contribution in [0.25, 0.3) is 0 Å². The summed E-state index contributed by atoms with van der Waals surface area (Å²) in [4.78, 5) is 16.7. The molecule has 0 aliphatic carbocycles. The van der Waals surface area contributed by atoms with Crippen LogP contribution in [0.15, 0.2) is 24.5 Å². The van der Waals surface area contributed by atoms with Crippen LogP contribution in [0.2, 0.25) is 0 Å². The highest BCUT2D eigenvalue weighted by molar-refractivity contribution is 5.77. The highest BCUT2D eigenvalue weighted by Gasteiger charge is 2.44. The second-order valence-electron chi connectivity index (χ2n) is 4.22. The Balaban J connectivity index is 1.86. The van der Waals surface area contributed by atoms with Crippen LogP contribution in [0.5, 0.6) is 5.75 Å². The van der Waals surface area contributed by atoms with E-state index in [0.717, 1.165) is 4.90 Å². The standard InChI is InChI=1S/C12H13F3N2O3/c13-12(14,15)10-7-17(4-5-19-10)11(18)8-20-9-2-1-3-16-6-9/h1-3,6,10H,4-5,7-8H2/t10-/m0/s1. The van der Waals surface area contributed by atoms with E-state index in [2.05, 4.69) is 9.72 Å². The molecule has 1 aromatic heterocycles. The molecule has 2 rings (SSSR count). The van der Waals surface area contributed by atoms with Crippen molar-refractivity contribution in [2.75, 3.05) is 26.3 Å². The van der Waals surface area contributed by atoms with E-state index in [0.29, 0.717) is 5.75 Å². The van der Waals surface area contributed by atoms with Gasteiger partial charge in [0, 0.05) is 12.7 Å². The van der Waals surface area contributed by atoms with Gasteiger partial charge in [-0.3, -0.25) is 9.78 Å². The van der Waals surface area contributed by atoms with Crippen molar-refractivity contribution in [2.45, 2.75) is 12.3 Å². The van der Waals surface area contributed by atoms with Gasteiger partial charge in [-0.1, -0.05) is 0 Å². The molecule has 1 atom stereocenters. The molecule has 1 fully saturated rings. The minimum absolute atomic E-state index is 0.127. The zero-order chi connectivity index (χ0) is 14.6. The van der Waals surface area contributed by atoms with Gasteiger partial charge < -0.3 is 14.4 Å². The Labute approximate surface area is 113 Å². The molecule has 0 aromatic carbocycles. The lowest BCUT2D eigenvalue weighted by Gasteiger charge is -2.33. The molecule has 1 saturated heterocycles. The molecule has 1 aliphatic rings. The number of nitrogens with zero attached hydrogens (tertiary/aromatic N) is 2. The third-order valence-electron chi connectivity index (χ3n) is 2.78. The first-order valence-electron chi connectivity index (χ1n) is 5.96. The van der Waals surface area contributed by atoms with E-state index >= 15 is 0 Å². The first-order chi connectivity index (χ1) is 9.47. The summed E-state index contributed by atoms with van der Waals surface area (Å²) < 4.78 is 47.4. The Morgan fingerprint density at radius 2 is 2.35 bits per heavy atom. The van der Waals surface area contributed by atoms with Crippen molar-refractivity contribution in [3.63, 3.8) is 0 Å². The van der Waals surface area contributed by atoms with E-state index in [1.54, 1.807) is 18.3 Å². The quantitative estimate of drug-likeness (QED) is 0.840. The second-order valence-corrected chi connectivity index (χ2v) is 4.22.